The molecule has 2 N–H and O–H groups in total. The van der Waals surface area contributed by atoms with Crippen molar-refractivity contribution in [1.29, 1.82) is 0 Å². The molecular formula is C48H52BClN2O10. The number of pyridine rings is 2. The number of hydrogen-bond donors (Lipinski definition) is 2. The first-order valence-corrected chi connectivity index (χ1v) is 20.2. The zero-order chi connectivity index (χ0) is 44.9. The van der Waals surface area contributed by atoms with Gasteiger partial charge in [-0.25, -0.2) is 9.59 Å². The molecule has 0 unspecified atom stereocenters. The summed E-state index contributed by atoms with van der Waals surface area (Å²) in [5, 5.41) is 18.1. The summed E-state index contributed by atoms with van der Waals surface area (Å²) < 4.78 is 30.8. The van der Waals surface area contributed by atoms with Crippen LogP contribution in [0.5, 0.6) is 11.5 Å². The van der Waals surface area contributed by atoms with Gasteiger partial charge in [-0.3, -0.25) is 9.97 Å². The number of carbonyl (C=O) groups is 2. The average Bonchev–Trinajstić information content (AvgIpc) is 3.32. The number of carbonyl (C=O) groups excluding carboxylic acids is 2. The van der Waals surface area contributed by atoms with Crippen molar-refractivity contribution in [1.82, 2.24) is 9.97 Å². The number of aromatic nitrogens is 2. The first-order valence-electron chi connectivity index (χ1n) is 19.9. The van der Waals surface area contributed by atoms with E-state index in [0.717, 1.165) is 75.7 Å². The van der Waals surface area contributed by atoms with Crippen molar-refractivity contribution < 1.29 is 48.1 Å². The van der Waals surface area contributed by atoms with Crippen LogP contribution in [0.2, 0.25) is 5.02 Å². The maximum absolute atomic E-state index is 11.7. The van der Waals surface area contributed by atoms with Gasteiger partial charge < -0.3 is 38.5 Å². The van der Waals surface area contributed by atoms with E-state index in [0.29, 0.717) is 41.4 Å². The molecule has 0 atom stereocenters. The lowest BCUT2D eigenvalue weighted by atomic mass is 9.80. The highest BCUT2D eigenvalue weighted by atomic mass is 35.5. The Kier molecular flexibility index (Phi) is 20.1. The Labute approximate surface area is 368 Å². The molecule has 324 valence electrons. The lowest BCUT2D eigenvalue weighted by molar-refractivity contribution is 0.0592. The fourth-order valence-electron chi connectivity index (χ4n) is 5.79. The molecule has 0 fully saturated rings. The number of methoxy groups -OCH3 is 4. The quantitative estimate of drug-likeness (QED) is 0.0544. The Morgan fingerprint density at radius 2 is 1.00 bits per heavy atom. The van der Waals surface area contributed by atoms with Crippen LogP contribution in [-0.4, -0.2) is 80.7 Å². The summed E-state index contributed by atoms with van der Waals surface area (Å²) in [6.45, 7) is 6.68. The van der Waals surface area contributed by atoms with Crippen molar-refractivity contribution in [2.45, 2.75) is 39.9 Å². The van der Waals surface area contributed by atoms with Gasteiger partial charge >= 0.3 is 19.1 Å². The smallest absolute Gasteiger partial charge is 0.488 e. The number of halogens is 1. The van der Waals surface area contributed by atoms with Crippen LogP contribution in [0.3, 0.4) is 0 Å². The number of hydrogen-bond acceptors (Lipinski definition) is 12. The second-order valence-electron chi connectivity index (χ2n) is 13.5. The van der Waals surface area contributed by atoms with E-state index >= 15 is 0 Å². The Bertz CT molecular complexity index is 2290. The van der Waals surface area contributed by atoms with Gasteiger partial charge in [0.25, 0.3) is 0 Å². The summed E-state index contributed by atoms with van der Waals surface area (Å²) in [5.41, 5.74) is 8.75. The highest BCUT2D eigenvalue weighted by molar-refractivity contribution is 6.58. The maximum Gasteiger partial charge on any atom is 0.488 e. The molecule has 2 aromatic heterocycles. The molecule has 0 aliphatic heterocycles. The molecular weight excluding hydrogens is 811 g/mol. The average molecular weight is 863 g/mol. The molecule has 62 heavy (non-hydrogen) atoms. The molecule has 0 aliphatic carbocycles. The van der Waals surface area contributed by atoms with Gasteiger partial charge in [0.05, 0.1) is 69.2 Å². The van der Waals surface area contributed by atoms with E-state index in [1.165, 1.54) is 38.5 Å². The first-order chi connectivity index (χ1) is 30.0. The normalized spacial score (nSPS) is 10.3. The van der Waals surface area contributed by atoms with Crippen LogP contribution < -0.4 is 14.9 Å². The van der Waals surface area contributed by atoms with E-state index in [4.69, 9.17) is 50.3 Å². The van der Waals surface area contributed by atoms with Crippen molar-refractivity contribution in [3.63, 3.8) is 0 Å². The van der Waals surface area contributed by atoms with Crippen molar-refractivity contribution in [3.8, 4) is 45.1 Å². The summed E-state index contributed by atoms with van der Waals surface area (Å²) in [5.74, 6) is 0.808. The third kappa shape index (κ3) is 14.5. The highest BCUT2D eigenvalue weighted by Gasteiger charge is 2.14. The van der Waals surface area contributed by atoms with Gasteiger partial charge in [0, 0.05) is 42.3 Å². The zero-order valence-electron chi connectivity index (χ0n) is 35.8. The molecule has 6 aromatic rings. The molecule has 0 amide bonds. The Balaban J connectivity index is 0.000000222. The van der Waals surface area contributed by atoms with Crippen LogP contribution in [0.4, 0.5) is 0 Å². The van der Waals surface area contributed by atoms with Gasteiger partial charge in [0.15, 0.2) is 0 Å². The molecule has 0 bridgehead atoms. The summed E-state index contributed by atoms with van der Waals surface area (Å²) in [6, 6.07) is 32.7. The monoisotopic (exact) mass is 862 g/mol. The summed E-state index contributed by atoms with van der Waals surface area (Å²) >= 11 is 6.30. The first kappa shape index (κ1) is 48.6. The van der Waals surface area contributed by atoms with Crippen LogP contribution in [0.15, 0.2) is 122 Å². The standard InChI is InChI=1S/C24H25NO4.C16H18ClNO2.C8H9BO4/c1-4-13-29-16-17-14-22(18-5-7-20(8-6-18)24(26)28-3)23(25-15-17)19-9-11-21(27-2)12-10-19;1-3-8-20-11-12-9-15(17)16(18-10-12)13-4-6-14(19-2)7-5-13;1-13-8(10)6-2-4-7(5-3-6)9(11)12/h5-12,14-15H,4,13,16H2,1-3H3;4-7,9-10H,3,8,11H2,1-2H3;2-5,11-12H,1H3. The molecule has 14 heteroatoms. The van der Waals surface area contributed by atoms with Crippen LogP contribution >= 0.6 is 11.6 Å². The molecule has 0 saturated heterocycles. The fourth-order valence-corrected chi connectivity index (χ4v) is 6.08. The summed E-state index contributed by atoms with van der Waals surface area (Å²) in [4.78, 5) is 31.8. The van der Waals surface area contributed by atoms with Crippen molar-refractivity contribution in [3.05, 3.63) is 149 Å². The molecule has 0 saturated carbocycles. The highest BCUT2D eigenvalue weighted by Crippen LogP contribution is 2.33. The summed E-state index contributed by atoms with van der Waals surface area (Å²) in [6.07, 6.45) is 5.63. The molecule has 12 nitrogen and oxygen atoms in total. The minimum atomic E-state index is -1.51. The Hall–Kier alpha value is -6.09. The molecule has 0 spiro atoms. The number of nitrogens with zero attached hydrogens (tertiary/aromatic N) is 2. The van der Waals surface area contributed by atoms with E-state index in [1.807, 2.05) is 72.9 Å². The molecule has 4 aromatic carbocycles. The predicted octanol–water partition coefficient (Wildman–Crippen LogP) is 8.63. The number of esters is 2. The van der Waals surface area contributed by atoms with Crippen LogP contribution in [0.25, 0.3) is 33.6 Å². The number of rotatable bonds is 16. The topological polar surface area (TPSA) is 156 Å². The largest absolute Gasteiger partial charge is 0.497 e. The Morgan fingerprint density at radius 3 is 1.42 bits per heavy atom. The van der Waals surface area contributed by atoms with Gasteiger partial charge in [-0.1, -0.05) is 49.7 Å². The van der Waals surface area contributed by atoms with Crippen molar-refractivity contribution in [2.24, 2.45) is 0 Å². The lowest BCUT2D eigenvalue weighted by Crippen LogP contribution is -2.29. The number of benzene rings is 4. The van der Waals surface area contributed by atoms with Crippen molar-refractivity contribution >= 4 is 36.1 Å². The van der Waals surface area contributed by atoms with Crippen LogP contribution in [0.1, 0.15) is 58.5 Å². The van der Waals surface area contributed by atoms with Gasteiger partial charge in [-0.05, 0) is 120 Å². The van der Waals surface area contributed by atoms with Gasteiger partial charge in [0.2, 0.25) is 0 Å². The van der Waals surface area contributed by atoms with Gasteiger partial charge in [-0.15, -0.1) is 0 Å². The second-order valence-corrected chi connectivity index (χ2v) is 13.9. The van der Waals surface area contributed by atoms with Gasteiger partial charge in [0.1, 0.15) is 11.5 Å². The van der Waals surface area contributed by atoms with E-state index in [9.17, 15) is 9.59 Å². The summed E-state index contributed by atoms with van der Waals surface area (Å²) in [7, 11) is 4.45. The maximum atomic E-state index is 11.7. The van der Waals surface area contributed by atoms with E-state index in [2.05, 4.69) is 29.6 Å². The lowest BCUT2D eigenvalue weighted by Gasteiger charge is -2.13. The molecule has 2 heterocycles. The fraction of sp³-hybridized carbons (Fsp3) is 0.250. The van der Waals surface area contributed by atoms with Crippen LogP contribution in [0, 0.1) is 0 Å². The van der Waals surface area contributed by atoms with Gasteiger partial charge in [-0.2, -0.15) is 0 Å². The minimum Gasteiger partial charge on any atom is -0.497 e. The predicted molar refractivity (Wildman–Crippen MR) is 242 cm³/mol. The number of ether oxygens (including phenoxy) is 6. The molecule has 6 rings (SSSR count). The Morgan fingerprint density at radius 1 is 0.581 bits per heavy atom. The SMILES string of the molecule is CCCOCc1cnc(-c2ccc(OC)cc2)c(-c2ccc(C(=O)OC)cc2)c1.CCCOCc1cnc(-c2ccc(OC)cc2)c(Cl)c1.COC(=O)c1ccc(B(O)O)cc1. The third-order valence-electron chi connectivity index (χ3n) is 9.05. The third-order valence-corrected chi connectivity index (χ3v) is 9.34. The van der Waals surface area contributed by atoms with E-state index in [1.54, 1.807) is 32.5 Å². The molecule has 0 radical (unpaired) electrons. The minimum absolute atomic E-state index is 0.340. The van der Waals surface area contributed by atoms with E-state index in [-0.39, 0.29) is 5.97 Å². The van der Waals surface area contributed by atoms with Crippen molar-refractivity contribution in [2.75, 3.05) is 41.7 Å². The second kappa shape index (κ2) is 25.6. The zero-order valence-corrected chi connectivity index (χ0v) is 36.6. The van der Waals surface area contributed by atoms with Crippen LogP contribution in [-0.2, 0) is 32.2 Å². The molecule has 0 aliphatic rings. The van der Waals surface area contributed by atoms with E-state index < -0.39 is 13.1 Å².